The summed E-state index contributed by atoms with van der Waals surface area (Å²) in [7, 11) is 0. The Morgan fingerprint density at radius 1 is 0.282 bits per heavy atom. The van der Waals surface area contributed by atoms with Gasteiger partial charge in [0.25, 0.3) is 0 Å². The normalized spacial score (nSPS) is 12.1. The Balaban J connectivity index is 4.18. The minimum atomic E-state index is -0.809. The molecule has 0 heterocycles. The van der Waals surface area contributed by atoms with Crippen molar-refractivity contribution in [1.29, 1.82) is 0 Å². The van der Waals surface area contributed by atoms with Crippen LogP contribution in [0.5, 0.6) is 0 Å². The maximum atomic E-state index is 12.9. The van der Waals surface area contributed by atoms with Gasteiger partial charge in [-0.3, -0.25) is 24.0 Å². The average molecular weight is 1190 g/mol. The Bertz CT molecular complexity index is 1610. The number of amides is 2. The Kier molecular flexibility index (Phi) is 66.4. The molecule has 494 valence electrons. The van der Waals surface area contributed by atoms with Crippen LogP contribution in [0.2, 0.25) is 0 Å². The highest BCUT2D eigenvalue weighted by Crippen LogP contribution is 2.17. The topological polar surface area (TPSA) is 137 Å². The van der Waals surface area contributed by atoms with E-state index in [4.69, 9.17) is 14.2 Å². The zero-order chi connectivity index (χ0) is 61.7. The van der Waals surface area contributed by atoms with Gasteiger partial charge in [0.2, 0.25) is 11.8 Å². The van der Waals surface area contributed by atoms with Crippen molar-refractivity contribution < 1.29 is 38.2 Å². The van der Waals surface area contributed by atoms with E-state index in [1.807, 2.05) is 0 Å². The first kappa shape index (κ1) is 81.3. The Hall–Kier alpha value is -3.69. The molecule has 0 aromatic carbocycles. The third-order valence-electron chi connectivity index (χ3n) is 16.1. The summed E-state index contributed by atoms with van der Waals surface area (Å²) in [5, 5.41) is 5.89. The number of hydrogen-bond donors (Lipinski definition) is 2. The molecule has 0 fully saturated rings. The predicted octanol–water partition coefficient (Wildman–Crippen LogP) is 21.6. The number of rotatable bonds is 67. The van der Waals surface area contributed by atoms with E-state index >= 15 is 0 Å². The summed E-state index contributed by atoms with van der Waals surface area (Å²) in [5.74, 6) is -0.804. The van der Waals surface area contributed by atoms with E-state index in [-0.39, 0.29) is 42.9 Å². The molecule has 0 radical (unpaired) electrons. The Labute approximate surface area is 524 Å². The highest BCUT2D eigenvalue weighted by Gasteiger charge is 2.20. The largest absolute Gasteiger partial charge is 0.462 e. The smallest absolute Gasteiger partial charge is 0.306 e. The summed E-state index contributed by atoms with van der Waals surface area (Å²) >= 11 is 0. The Morgan fingerprint density at radius 2 is 0.529 bits per heavy atom. The fourth-order valence-corrected chi connectivity index (χ4v) is 10.5. The maximum Gasteiger partial charge on any atom is 0.306 e. The van der Waals surface area contributed by atoms with Gasteiger partial charge in [0.1, 0.15) is 13.2 Å². The second-order valence-electron chi connectivity index (χ2n) is 24.6. The van der Waals surface area contributed by atoms with Crippen molar-refractivity contribution in [3.8, 4) is 0 Å². The molecule has 10 nitrogen and oxygen atoms in total. The van der Waals surface area contributed by atoms with E-state index in [0.29, 0.717) is 45.2 Å². The molecule has 2 amide bonds. The van der Waals surface area contributed by atoms with Gasteiger partial charge < -0.3 is 24.8 Å². The molecule has 1 atom stereocenters. The monoisotopic (exact) mass is 1190 g/mol. The van der Waals surface area contributed by atoms with Crippen LogP contribution in [0.4, 0.5) is 0 Å². The molecular weight excluding hydrogens is 1060 g/mol. The summed E-state index contributed by atoms with van der Waals surface area (Å²) in [6.45, 7) is 7.52. The molecule has 10 heteroatoms. The minimum Gasteiger partial charge on any atom is -0.462 e. The fraction of sp³-hybridized carbons (Fsp3) is 0.827. The van der Waals surface area contributed by atoms with E-state index in [1.54, 1.807) is 0 Å². The number of nitrogens with one attached hydrogen (secondary N) is 2. The molecule has 0 saturated heterocycles. The number of ether oxygens (including phenoxy) is 3. The SMILES string of the molecule is CCCC/C=C\C/C=C\CCCCCCCC(=O)OC(COC(=O)CCCCCCC/C=C/CCCCCCC(=O)NCCNC(=O)CCCCCCC/C=C\CCCCCCCC)COC(=O)CCCCCCCCCCCCCCCCC. The lowest BCUT2D eigenvalue weighted by Gasteiger charge is -2.18. The molecule has 0 saturated carbocycles. The molecule has 0 bridgehead atoms. The van der Waals surface area contributed by atoms with Crippen molar-refractivity contribution in [2.75, 3.05) is 26.3 Å². The second kappa shape index (κ2) is 69.4. The fourth-order valence-electron chi connectivity index (χ4n) is 10.5. The molecule has 85 heavy (non-hydrogen) atoms. The van der Waals surface area contributed by atoms with Crippen molar-refractivity contribution in [2.24, 2.45) is 0 Å². The summed E-state index contributed by atoms with van der Waals surface area (Å²) in [4.78, 5) is 62.8. The first-order chi connectivity index (χ1) is 41.8. The molecular formula is C75H136N2O8. The Morgan fingerprint density at radius 3 is 0.847 bits per heavy atom. The van der Waals surface area contributed by atoms with Crippen LogP contribution in [0.25, 0.3) is 0 Å². The van der Waals surface area contributed by atoms with Gasteiger partial charge in [0.15, 0.2) is 6.10 Å². The van der Waals surface area contributed by atoms with E-state index < -0.39 is 6.10 Å². The molecule has 0 aromatic heterocycles. The lowest BCUT2D eigenvalue weighted by molar-refractivity contribution is -0.167. The predicted molar refractivity (Wildman–Crippen MR) is 361 cm³/mol. The summed E-state index contributed by atoms with van der Waals surface area (Å²) in [6.07, 6.45) is 76.9. The van der Waals surface area contributed by atoms with Crippen LogP contribution in [0, 0.1) is 0 Å². The van der Waals surface area contributed by atoms with E-state index in [1.165, 1.54) is 167 Å². The summed E-state index contributed by atoms with van der Waals surface area (Å²) in [6, 6.07) is 0. The maximum absolute atomic E-state index is 12.9. The van der Waals surface area contributed by atoms with Gasteiger partial charge in [0, 0.05) is 45.2 Å². The van der Waals surface area contributed by atoms with Gasteiger partial charge >= 0.3 is 17.9 Å². The number of carbonyl (C=O) groups excluding carboxylic acids is 5. The highest BCUT2D eigenvalue weighted by atomic mass is 16.6. The van der Waals surface area contributed by atoms with Crippen LogP contribution >= 0.6 is 0 Å². The number of allylic oxidation sites excluding steroid dienone is 8. The first-order valence-electron chi connectivity index (χ1n) is 36.5. The lowest BCUT2D eigenvalue weighted by atomic mass is 10.0. The van der Waals surface area contributed by atoms with Crippen molar-refractivity contribution in [1.82, 2.24) is 10.6 Å². The van der Waals surface area contributed by atoms with E-state index in [2.05, 4.69) is 80.0 Å². The molecule has 0 aromatic rings. The molecule has 0 aliphatic heterocycles. The summed E-state index contributed by atoms with van der Waals surface area (Å²) < 4.78 is 16.9. The second-order valence-corrected chi connectivity index (χ2v) is 24.6. The van der Waals surface area contributed by atoms with Crippen LogP contribution < -0.4 is 10.6 Å². The van der Waals surface area contributed by atoms with Crippen LogP contribution in [0.3, 0.4) is 0 Å². The quantitative estimate of drug-likeness (QED) is 0.0266. The molecule has 1 unspecified atom stereocenters. The van der Waals surface area contributed by atoms with Crippen molar-refractivity contribution in [3.63, 3.8) is 0 Å². The highest BCUT2D eigenvalue weighted by molar-refractivity contribution is 5.77. The van der Waals surface area contributed by atoms with Crippen LogP contribution in [-0.4, -0.2) is 62.1 Å². The van der Waals surface area contributed by atoms with E-state index in [9.17, 15) is 24.0 Å². The summed E-state index contributed by atoms with van der Waals surface area (Å²) in [5.41, 5.74) is 0. The number of hydrogen-bond acceptors (Lipinski definition) is 8. The molecule has 0 aliphatic rings. The molecule has 0 aliphatic carbocycles. The molecule has 0 rings (SSSR count). The van der Waals surface area contributed by atoms with Gasteiger partial charge in [0.05, 0.1) is 0 Å². The lowest BCUT2D eigenvalue weighted by Crippen LogP contribution is -2.34. The molecule has 2 N–H and O–H groups in total. The van der Waals surface area contributed by atoms with Crippen molar-refractivity contribution in [3.05, 3.63) is 48.6 Å². The van der Waals surface area contributed by atoms with Crippen LogP contribution in [-0.2, 0) is 38.2 Å². The molecule has 0 spiro atoms. The van der Waals surface area contributed by atoms with E-state index in [0.717, 1.165) is 148 Å². The third kappa shape index (κ3) is 67.7. The number of unbranched alkanes of at least 4 members (excludes halogenated alkanes) is 41. The van der Waals surface area contributed by atoms with Gasteiger partial charge in [-0.25, -0.2) is 0 Å². The van der Waals surface area contributed by atoms with Crippen LogP contribution in [0.15, 0.2) is 48.6 Å². The van der Waals surface area contributed by atoms with Crippen molar-refractivity contribution >= 4 is 29.7 Å². The zero-order valence-corrected chi connectivity index (χ0v) is 56.0. The minimum absolute atomic E-state index is 0.0636. The number of carbonyl (C=O) groups is 5. The van der Waals surface area contributed by atoms with Gasteiger partial charge in [-0.05, 0) is 109 Å². The van der Waals surface area contributed by atoms with Gasteiger partial charge in [-0.1, -0.05) is 275 Å². The zero-order valence-electron chi connectivity index (χ0n) is 56.0. The first-order valence-corrected chi connectivity index (χ1v) is 36.5. The number of esters is 3. The van der Waals surface area contributed by atoms with Crippen LogP contribution in [0.1, 0.15) is 367 Å². The van der Waals surface area contributed by atoms with Crippen molar-refractivity contribution in [2.45, 2.75) is 374 Å². The van der Waals surface area contributed by atoms with Gasteiger partial charge in [-0.2, -0.15) is 0 Å². The standard InChI is InChI=1S/C75H136N2O8/c1-4-7-10-13-16-19-22-25-28-31-36-41-46-51-56-61-71(78)76-66-67-77-72(79)62-57-52-47-42-37-32-30-35-39-44-49-54-59-64-74(81)84-69-70(85-75(82)65-60-55-50-45-40-33-27-24-21-18-15-12-9-6-3)68-83-73(80)63-58-53-48-43-38-34-29-26-23-20-17-14-11-8-5-2/h15,18,24-25,27-28,30,32,70H,4-14,16-17,19-23,26,29,31,33-69H2,1-3H3,(H,76,78)(H,77,79)/b18-15-,27-24-,28-25-,32-30+. The third-order valence-corrected chi connectivity index (χ3v) is 16.1. The van der Waals surface area contributed by atoms with Gasteiger partial charge in [-0.15, -0.1) is 0 Å². The average Bonchev–Trinajstić information content (AvgIpc) is 3.49.